The molecular formula is C10H10Cl2N2O. The molecule has 80 valence electrons. The van der Waals surface area contributed by atoms with Crippen molar-refractivity contribution in [2.75, 3.05) is 7.11 Å². The van der Waals surface area contributed by atoms with Crippen LogP contribution in [-0.4, -0.2) is 7.11 Å². The molecule has 1 aromatic carbocycles. The van der Waals surface area contributed by atoms with E-state index < -0.39 is 6.04 Å². The SMILES string of the molecule is COc1ccc(C(N)CC#N)c(Cl)c1Cl. The Labute approximate surface area is 98.3 Å². The van der Waals surface area contributed by atoms with Gasteiger partial charge >= 0.3 is 0 Å². The third-order valence-corrected chi connectivity index (χ3v) is 2.89. The van der Waals surface area contributed by atoms with E-state index in [1.165, 1.54) is 7.11 Å². The molecule has 0 saturated carbocycles. The molecule has 0 heterocycles. The summed E-state index contributed by atoms with van der Waals surface area (Å²) < 4.78 is 5.00. The predicted octanol–water partition coefficient (Wildman–Crippen LogP) is 2.92. The number of benzene rings is 1. The van der Waals surface area contributed by atoms with Gasteiger partial charge in [-0.05, 0) is 11.6 Å². The molecule has 1 atom stereocenters. The van der Waals surface area contributed by atoms with E-state index in [-0.39, 0.29) is 6.42 Å². The molecule has 0 aromatic heterocycles. The van der Waals surface area contributed by atoms with Gasteiger partial charge in [0.1, 0.15) is 10.8 Å². The first-order valence-electron chi connectivity index (χ1n) is 4.26. The Bertz CT molecular complexity index is 401. The van der Waals surface area contributed by atoms with Crippen molar-refractivity contribution in [3.63, 3.8) is 0 Å². The summed E-state index contributed by atoms with van der Waals surface area (Å²) in [5.74, 6) is 0.495. The average Bonchev–Trinajstić information content (AvgIpc) is 2.22. The Morgan fingerprint density at radius 2 is 2.13 bits per heavy atom. The molecule has 0 fully saturated rings. The van der Waals surface area contributed by atoms with Crippen molar-refractivity contribution < 1.29 is 4.74 Å². The second-order valence-electron chi connectivity index (χ2n) is 2.95. The number of nitrogens with two attached hydrogens (primary N) is 1. The van der Waals surface area contributed by atoms with E-state index in [2.05, 4.69) is 0 Å². The molecular weight excluding hydrogens is 235 g/mol. The molecule has 1 aromatic rings. The number of rotatable bonds is 3. The van der Waals surface area contributed by atoms with Crippen LogP contribution in [0.15, 0.2) is 12.1 Å². The van der Waals surface area contributed by atoms with E-state index in [9.17, 15) is 0 Å². The lowest BCUT2D eigenvalue weighted by Gasteiger charge is -2.13. The van der Waals surface area contributed by atoms with E-state index in [0.29, 0.717) is 21.4 Å². The number of ether oxygens (including phenoxy) is 1. The largest absolute Gasteiger partial charge is 0.495 e. The highest BCUT2D eigenvalue weighted by atomic mass is 35.5. The third-order valence-electron chi connectivity index (χ3n) is 2.01. The normalized spacial score (nSPS) is 11.9. The van der Waals surface area contributed by atoms with E-state index in [4.69, 9.17) is 38.9 Å². The summed E-state index contributed by atoms with van der Waals surface area (Å²) in [6, 6.07) is 4.96. The first-order valence-corrected chi connectivity index (χ1v) is 5.01. The maximum atomic E-state index is 8.53. The van der Waals surface area contributed by atoms with E-state index in [0.717, 1.165) is 0 Å². The topological polar surface area (TPSA) is 59.0 Å². The molecule has 0 saturated heterocycles. The molecule has 0 amide bonds. The zero-order valence-electron chi connectivity index (χ0n) is 8.13. The maximum absolute atomic E-state index is 8.53. The molecule has 0 aliphatic carbocycles. The maximum Gasteiger partial charge on any atom is 0.139 e. The molecule has 0 aliphatic heterocycles. The van der Waals surface area contributed by atoms with Crippen molar-refractivity contribution in [1.29, 1.82) is 5.26 Å². The minimum atomic E-state index is -0.425. The lowest BCUT2D eigenvalue weighted by Crippen LogP contribution is -2.10. The highest BCUT2D eigenvalue weighted by Crippen LogP contribution is 2.36. The molecule has 0 aliphatic rings. The molecule has 2 N–H and O–H groups in total. The molecule has 3 nitrogen and oxygen atoms in total. The molecule has 0 spiro atoms. The van der Waals surface area contributed by atoms with Crippen LogP contribution < -0.4 is 10.5 Å². The highest BCUT2D eigenvalue weighted by molar-refractivity contribution is 6.43. The molecule has 1 unspecified atom stereocenters. The summed E-state index contributed by atoms with van der Waals surface area (Å²) in [6.07, 6.45) is 0.197. The number of hydrogen-bond acceptors (Lipinski definition) is 3. The number of methoxy groups -OCH3 is 1. The van der Waals surface area contributed by atoms with Gasteiger partial charge in [0.2, 0.25) is 0 Å². The Hall–Kier alpha value is -0.950. The number of halogens is 2. The van der Waals surface area contributed by atoms with Gasteiger partial charge in [0.25, 0.3) is 0 Å². The molecule has 5 heteroatoms. The summed E-state index contributed by atoms with van der Waals surface area (Å²) in [4.78, 5) is 0. The van der Waals surface area contributed by atoms with Crippen molar-refractivity contribution in [3.05, 3.63) is 27.7 Å². The van der Waals surface area contributed by atoms with Gasteiger partial charge in [-0.25, -0.2) is 0 Å². The second-order valence-corrected chi connectivity index (χ2v) is 3.71. The van der Waals surface area contributed by atoms with Crippen molar-refractivity contribution in [1.82, 2.24) is 0 Å². The van der Waals surface area contributed by atoms with Gasteiger partial charge in [0.05, 0.1) is 24.6 Å². The van der Waals surface area contributed by atoms with Gasteiger partial charge < -0.3 is 10.5 Å². The highest BCUT2D eigenvalue weighted by Gasteiger charge is 2.15. The first-order chi connectivity index (χ1) is 7.11. The fourth-order valence-electron chi connectivity index (χ4n) is 1.20. The van der Waals surface area contributed by atoms with Gasteiger partial charge in [-0.2, -0.15) is 5.26 Å². The van der Waals surface area contributed by atoms with Gasteiger partial charge in [-0.1, -0.05) is 29.3 Å². The van der Waals surface area contributed by atoms with Crippen LogP contribution in [0.3, 0.4) is 0 Å². The van der Waals surface area contributed by atoms with Gasteiger partial charge in [0.15, 0.2) is 0 Å². The molecule has 0 bridgehead atoms. The van der Waals surface area contributed by atoms with Crippen LogP contribution in [0.4, 0.5) is 0 Å². The monoisotopic (exact) mass is 244 g/mol. The van der Waals surface area contributed by atoms with Crippen LogP contribution in [0, 0.1) is 11.3 Å². The van der Waals surface area contributed by atoms with Gasteiger partial charge in [-0.3, -0.25) is 0 Å². The summed E-state index contributed by atoms with van der Waals surface area (Å²) in [7, 11) is 1.51. The van der Waals surface area contributed by atoms with Crippen molar-refractivity contribution in [3.8, 4) is 11.8 Å². The van der Waals surface area contributed by atoms with Crippen LogP contribution in [0.5, 0.6) is 5.75 Å². The quantitative estimate of drug-likeness (QED) is 0.890. The summed E-state index contributed by atoms with van der Waals surface area (Å²) in [6.45, 7) is 0. The minimum absolute atomic E-state index is 0.197. The fraction of sp³-hybridized carbons (Fsp3) is 0.300. The Morgan fingerprint density at radius 1 is 1.47 bits per heavy atom. The lowest BCUT2D eigenvalue weighted by molar-refractivity contribution is 0.415. The Morgan fingerprint density at radius 3 is 2.67 bits per heavy atom. The molecule has 1 rings (SSSR count). The van der Waals surface area contributed by atoms with E-state index in [1.54, 1.807) is 12.1 Å². The van der Waals surface area contributed by atoms with Crippen LogP contribution in [0.25, 0.3) is 0 Å². The smallest absolute Gasteiger partial charge is 0.139 e. The van der Waals surface area contributed by atoms with Crippen molar-refractivity contribution in [2.45, 2.75) is 12.5 Å². The number of hydrogen-bond donors (Lipinski definition) is 1. The summed E-state index contributed by atoms with van der Waals surface area (Å²) >= 11 is 12.0. The zero-order valence-corrected chi connectivity index (χ0v) is 9.64. The Balaban J connectivity index is 3.12. The van der Waals surface area contributed by atoms with E-state index in [1.807, 2.05) is 6.07 Å². The van der Waals surface area contributed by atoms with Crippen LogP contribution in [0.1, 0.15) is 18.0 Å². The third kappa shape index (κ3) is 2.54. The van der Waals surface area contributed by atoms with E-state index >= 15 is 0 Å². The van der Waals surface area contributed by atoms with Gasteiger partial charge in [0, 0.05) is 6.04 Å². The van der Waals surface area contributed by atoms with Crippen molar-refractivity contribution in [2.24, 2.45) is 5.73 Å². The van der Waals surface area contributed by atoms with Crippen LogP contribution >= 0.6 is 23.2 Å². The predicted molar refractivity (Wildman–Crippen MR) is 60.2 cm³/mol. The minimum Gasteiger partial charge on any atom is -0.495 e. The Kier molecular flexibility index (Phi) is 4.22. The second kappa shape index (κ2) is 5.22. The lowest BCUT2D eigenvalue weighted by atomic mass is 10.1. The summed E-state index contributed by atoms with van der Waals surface area (Å²) in [5.41, 5.74) is 6.42. The van der Waals surface area contributed by atoms with Gasteiger partial charge in [-0.15, -0.1) is 0 Å². The standard InChI is InChI=1S/C10H10Cl2N2O/c1-15-8-3-2-6(7(14)4-5-13)9(11)10(8)12/h2-3,7H,4,14H2,1H3. The molecule has 15 heavy (non-hydrogen) atoms. The first kappa shape index (κ1) is 12.1. The molecule has 0 radical (unpaired) electrons. The van der Waals surface area contributed by atoms with Crippen molar-refractivity contribution >= 4 is 23.2 Å². The van der Waals surface area contributed by atoms with Crippen LogP contribution in [0.2, 0.25) is 10.0 Å². The number of nitrogens with zero attached hydrogens (tertiary/aromatic N) is 1. The zero-order chi connectivity index (χ0) is 11.4. The number of nitriles is 1. The fourth-order valence-corrected chi connectivity index (χ4v) is 1.74. The summed E-state index contributed by atoms with van der Waals surface area (Å²) in [5, 5.41) is 9.20. The van der Waals surface area contributed by atoms with Crippen LogP contribution in [-0.2, 0) is 0 Å². The average molecular weight is 245 g/mol.